The van der Waals surface area contributed by atoms with Gasteiger partial charge in [0, 0.05) is 37.6 Å². The number of anilines is 1. The zero-order valence-electron chi connectivity index (χ0n) is 9.85. The van der Waals surface area contributed by atoms with Crippen molar-refractivity contribution in [3.05, 3.63) is 22.7 Å². The van der Waals surface area contributed by atoms with Crippen LogP contribution in [0.3, 0.4) is 0 Å². The molecule has 0 atom stereocenters. The van der Waals surface area contributed by atoms with Crippen LogP contribution in [0.1, 0.15) is 31.7 Å². The highest BCUT2D eigenvalue weighted by atomic mass is 16.1. The van der Waals surface area contributed by atoms with Gasteiger partial charge in [0.05, 0.1) is 0 Å². The van der Waals surface area contributed by atoms with Gasteiger partial charge < -0.3 is 15.2 Å². The van der Waals surface area contributed by atoms with Gasteiger partial charge in [0.25, 0.3) is 5.56 Å². The number of hydrogen-bond donors (Lipinski definition) is 2. The van der Waals surface area contributed by atoms with Gasteiger partial charge in [-0.05, 0) is 25.7 Å². The van der Waals surface area contributed by atoms with Crippen LogP contribution in [0.25, 0.3) is 0 Å². The van der Waals surface area contributed by atoms with Crippen molar-refractivity contribution < 1.29 is 0 Å². The zero-order chi connectivity index (χ0) is 11.7. The Labute approximate surface area is 100 Å². The summed E-state index contributed by atoms with van der Waals surface area (Å²) in [6.07, 6.45) is 8.30. The van der Waals surface area contributed by atoms with E-state index in [2.05, 4.69) is 15.6 Å². The second kappa shape index (κ2) is 4.49. The minimum absolute atomic E-state index is 0.0152. The minimum atomic E-state index is 0.0152. The molecule has 0 bridgehead atoms. The van der Waals surface area contributed by atoms with Crippen LogP contribution in [-0.4, -0.2) is 28.7 Å². The Hall–Kier alpha value is -1.36. The molecule has 5 heteroatoms. The Bertz CT molecular complexity index is 448. The third kappa shape index (κ3) is 2.66. The van der Waals surface area contributed by atoms with Crippen molar-refractivity contribution in [2.75, 3.05) is 18.4 Å². The van der Waals surface area contributed by atoms with Crippen LogP contribution in [0.15, 0.2) is 17.2 Å². The molecule has 0 unspecified atom stereocenters. The van der Waals surface area contributed by atoms with E-state index in [1.54, 1.807) is 17.0 Å². The van der Waals surface area contributed by atoms with Crippen molar-refractivity contribution >= 4 is 5.82 Å². The summed E-state index contributed by atoms with van der Waals surface area (Å²) in [4.78, 5) is 16.1. The Morgan fingerprint density at radius 3 is 2.82 bits per heavy atom. The third-order valence-electron chi connectivity index (χ3n) is 3.24. The molecule has 92 valence electrons. The molecular formula is C12H18N4O. The van der Waals surface area contributed by atoms with E-state index in [0.717, 1.165) is 25.9 Å². The SMILES string of the molecule is O=c1c(NCCNC2CC2)nccn1C1CC1. The first-order chi connectivity index (χ1) is 8.34. The molecule has 0 saturated heterocycles. The van der Waals surface area contributed by atoms with E-state index in [1.165, 1.54) is 12.8 Å². The lowest BCUT2D eigenvalue weighted by atomic mass is 10.5. The van der Waals surface area contributed by atoms with Crippen LogP contribution < -0.4 is 16.2 Å². The van der Waals surface area contributed by atoms with Gasteiger partial charge in [-0.3, -0.25) is 4.79 Å². The van der Waals surface area contributed by atoms with E-state index in [-0.39, 0.29) is 5.56 Å². The van der Waals surface area contributed by atoms with Gasteiger partial charge in [-0.2, -0.15) is 0 Å². The van der Waals surface area contributed by atoms with Crippen LogP contribution in [0.5, 0.6) is 0 Å². The smallest absolute Gasteiger partial charge is 0.293 e. The molecule has 2 N–H and O–H groups in total. The van der Waals surface area contributed by atoms with Crippen molar-refractivity contribution in [2.45, 2.75) is 37.8 Å². The fourth-order valence-corrected chi connectivity index (χ4v) is 1.93. The van der Waals surface area contributed by atoms with Gasteiger partial charge in [-0.25, -0.2) is 4.98 Å². The summed E-state index contributed by atoms with van der Waals surface area (Å²) < 4.78 is 1.80. The molecule has 0 aromatic carbocycles. The maximum atomic E-state index is 12.0. The quantitative estimate of drug-likeness (QED) is 0.713. The largest absolute Gasteiger partial charge is 0.364 e. The molecule has 17 heavy (non-hydrogen) atoms. The van der Waals surface area contributed by atoms with Crippen LogP contribution in [0.4, 0.5) is 5.82 Å². The standard InChI is InChI=1S/C12H18N4O/c17-12-11(14-6-5-13-9-1-2-9)15-7-8-16(12)10-3-4-10/h7-10,13H,1-6H2,(H,14,15). The van der Waals surface area contributed by atoms with Crippen LogP contribution in [0, 0.1) is 0 Å². The van der Waals surface area contributed by atoms with E-state index in [0.29, 0.717) is 17.9 Å². The maximum Gasteiger partial charge on any atom is 0.293 e. The molecule has 1 aromatic heterocycles. The molecule has 5 nitrogen and oxygen atoms in total. The molecule has 2 aliphatic carbocycles. The molecule has 0 spiro atoms. The Morgan fingerprint density at radius 2 is 2.12 bits per heavy atom. The number of rotatable bonds is 6. The van der Waals surface area contributed by atoms with E-state index in [4.69, 9.17) is 0 Å². The van der Waals surface area contributed by atoms with Gasteiger partial charge in [0.1, 0.15) is 0 Å². The highest BCUT2D eigenvalue weighted by molar-refractivity contribution is 5.31. The first-order valence-electron chi connectivity index (χ1n) is 6.39. The fourth-order valence-electron chi connectivity index (χ4n) is 1.93. The Kier molecular flexibility index (Phi) is 2.84. The Balaban J connectivity index is 1.57. The van der Waals surface area contributed by atoms with Crippen molar-refractivity contribution in [1.82, 2.24) is 14.9 Å². The van der Waals surface area contributed by atoms with Gasteiger partial charge in [-0.1, -0.05) is 0 Å². The lowest BCUT2D eigenvalue weighted by molar-refractivity contribution is 0.687. The molecule has 2 aliphatic rings. The van der Waals surface area contributed by atoms with E-state index < -0.39 is 0 Å². The Morgan fingerprint density at radius 1 is 1.29 bits per heavy atom. The second-order valence-corrected chi connectivity index (χ2v) is 4.87. The third-order valence-corrected chi connectivity index (χ3v) is 3.24. The van der Waals surface area contributed by atoms with Gasteiger partial charge in [-0.15, -0.1) is 0 Å². The number of nitrogens with zero attached hydrogens (tertiary/aromatic N) is 2. The molecular weight excluding hydrogens is 216 g/mol. The number of nitrogens with one attached hydrogen (secondary N) is 2. The molecule has 1 aromatic rings. The van der Waals surface area contributed by atoms with E-state index in [1.807, 2.05) is 0 Å². The summed E-state index contributed by atoms with van der Waals surface area (Å²) in [6.45, 7) is 1.65. The molecule has 2 fully saturated rings. The molecule has 2 saturated carbocycles. The molecule has 0 amide bonds. The number of aromatic nitrogens is 2. The second-order valence-electron chi connectivity index (χ2n) is 4.87. The molecule has 3 rings (SSSR count). The fraction of sp³-hybridized carbons (Fsp3) is 0.667. The lowest BCUT2D eigenvalue weighted by Crippen LogP contribution is -2.28. The maximum absolute atomic E-state index is 12.0. The van der Waals surface area contributed by atoms with Gasteiger partial charge in [0.15, 0.2) is 5.82 Å². The summed E-state index contributed by atoms with van der Waals surface area (Å²) in [6, 6.07) is 1.12. The average molecular weight is 234 g/mol. The van der Waals surface area contributed by atoms with Gasteiger partial charge in [0.2, 0.25) is 0 Å². The highest BCUT2D eigenvalue weighted by Crippen LogP contribution is 2.33. The van der Waals surface area contributed by atoms with E-state index >= 15 is 0 Å². The minimum Gasteiger partial charge on any atom is -0.364 e. The van der Waals surface area contributed by atoms with Crippen LogP contribution in [0.2, 0.25) is 0 Å². The van der Waals surface area contributed by atoms with Crippen LogP contribution in [-0.2, 0) is 0 Å². The van der Waals surface area contributed by atoms with E-state index in [9.17, 15) is 4.79 Å². The summed E-state index contributed by atoms with van der Waals surface area (Å²) in [5.74, 6) is 0.483. The summed E-state index contributed by atoms with van der Waals surface area (Å²) in [7, 11) is 0. The first kappa shape index (κ1) is 10.8. The van der Waals surface area contributed by atoms with Crippen LogP contribution >= 0.6 is 0 Å². The normalized spacial score (nSPS) is 19.3. The topological polar surface area (TPSA) is 59.0 Å². The van der Waals surface area contributed by atoms with Crippen molar-refractivity contribution in [2.24, 2.45) is 0 Å². The highest BCUT2D eigenvalue weighted by Gasteiger charge is 2.25. The zero-order valence-corrected chi connectivity index (χ0v) is 9.85. The van der Waals surface area contributed by atoms with Gasteiger partial charge >= 0.3 is 0 Å². The van der Waals surface area contributed by atoms with Crippen molar-refractivity contribution in [3.8, 4) is 0 Å². The average Bonchev–Trinajstić information content (AvgIpc) is 3.18. The van der Waals surface area contributed by atoms with Crippen molar-refractivity contribution in [1.29, 1.82) is 0 Å². The monoisotopic (exact) mass is 234 g/mol. The predicted molar refractivity (Wildman–Crippen MR) is 66.3 cm³/mol. The number of hydrogen-bond acceptors (Lipinski definition) is 4. The molecule has 0 aliphatic heterocycles. The first-order valence-corrected chi connectivity index (χ1v) is 6.39. The summed E-state index contributed by atoms with van der Waals surface area (Å²) in [5, 5.41) is 6.51. The predicted octanol–water partition coefficient (Wildman–Crippen LogP) is 0.742. The molecule has 1 heterocycles. The molecule has 0 radical (unpaired) electrons. The summed E-state index contributed by atoms with van der Waals surface area (Å²) >= 11 is 0. The summed E-state index contributed by atoms with van der Waals surface area (Å²) in [5.41, 5.74) is 0.0152. The van der Waals surface area contributed by atoms with Crippen molar-refractivity contribution in [3.63, 3.8) is 0 Å². The lowest BCUT2D eigenvalue weighted by Gasteiger charge is -2.08.